The molecule has 0 aromatic carbocycles. The van der Waals surface area contributed by atoms with Crippen LogP contribution in [-0.2, 0) is 0 Å². The Morgan fingerprint density at radius 2 is 2.26 bits per heavy atom. The van der Waals surface area contributed by atoms with Crippen molar-refractivity contribution >= 4 is 17.5 Å². The van der Waals surface area contributed by atoms with Crippen molar-refractivity contribution in [3.63, 3.8) is 0 Å². The summed E-state index contributed by atoms with van der Waals surface area (Å²) in [6, 6.07) is 0.304. The van der Waals surface area contributed by atoms with Crippen LogP contribution in [0.5, 0.6) is 0 Å². The van der Waals surface area contributed by atoms with Crippen LogP contribution in [0.15, 0.2) is 6.20 Å². The number of nitrogens with zero attached hydrogens (tertiary/aromatic N) is 4. The number of hydrogen-bond acceptors (Lipinski definition) is 7. The fraction of sp³-hybridized carbons (Fsp3) is 0.636. The Hall–Kier alpha value is -1.96. The number of nitrogen functional groups attached to an aromatic ring is 1. The van der Waals surface area contributed by atoms with Gasteiger partial charge in [0, 0.05) is 12.6 Å². The van der Waals surface area contributed by atoms with E-state index < -0.39 is 4.92 Å². The van der Waals surface area contributed by atoms with Crippen molar-refractivity contribution in [3.8, 4) is 0 Å². The molecule has 2 heterocycles. The van der Waals surface area contributed by atoms with Crippen molar-refractivity contribution in [3.05, 3.63) is 16.3 Å². The Balaban J connectivity index is 2.01. The molecule has 0 saturated carbocycles. The van der Waals surface area contributed by atoms with Crippen molar-refractivity contribution in [2.24, 2.45) is 0 Å². The first-order valence-corrected chi connectivity index (χ1v) is 6.32. The number of rotatable bonds is 5. The Morgan fingerprint density at radius 3 is 2.89 bits per heavy atom. The molecule has 0 aliphatic carbocycles. The van der Waals surface area contributed by atoms with Gasteiger partial charge in [0.2, 0.25) is 11.8 Å². The van der Waals surface area contributed by atoms with E-state index in [0.717, 1.165) is 19.3 Å². The fourth-order valence-corrected chi connectivity index (χ4v) is 2.21. The predicted octanol–water partition coefficient (Wildman–Crippen LogP) is 0.863. The summed E-state index contributed by atoms with van der Waals surface area (Å²) in [5.74, 6) is 0.213. The average Bonchev–Trinajstić information content (AvgIpc) is 2.89. The van der Waals surface area contributed by atoms with E-state index >= 15 is 0 Å². The van der Waals surface area contributed by atoms with E-state index in [1.165, 1.54) is 12.8 Å². The van der Waals surface area contributed by atoms with Crippen molar-refractivity contribution in [1.29, 1.82) is 0 Å². The maximum Gasteiger partial charge on any atom is 0.329 e. The molecule has 2 rings (SSSR count). The summed E-state index contributed by atoms with van der Waals surface area (Å²) >= 11 is 0. The minimum atomic E-state index is -0.512. The first kappa shape index (κ1) is 13.5. The summed E-state index contributed by atoms with van der Waals surface area (Å²) in [5.41, 5.74) is 5.31. The molecule has 8 heteroatoms. The highest BCUT2D eigenvalue weighted by molar-refractivity contribution is 5.56. The maximum atomic E-state index is 10.9. The monoisotopic (exact) mass is 266 g/mol. The van der Waals surface area contributed by atoms with Crippen LogP contribution in [0, 0.1) is 10.1 Å². The van der Waals surface area contributed by atoms with Crippen LogP contribution >= 0.6 is 0 Å². The number of anilines is 2. The normalized spacial score (nSPS) is 17.3. The van der Waals surface area contributed by atoms with Gasteiger partial charge in [-0.25, -0.2) is 4.98 Å². The fourth-order valence-electron chi connectivity index (χ4n) is 2.21. The van der Waals surface area contributed by atoms with E-state index in [9.17, 15) is 10.1 Å². The Labute approximate surface area is 111 Å². The van der Waals surface area contributed by atoms with E-state index in [1.807, 2.05) is 0 Å². The molecule has 1 aliphatic rings. The van der Waals surface area contributed by atoms with E-state index in [1.54, 1.807) is 0 Å². The third kappa shape index (κ3) is 3.28. The predicted molar refractivity (Wildman–Crippen MR) is 71.9 cm³/mol. The molecule has 0 bridgehead atoms. The third-order valence-electron chi connectivity index (χ3n) is 3.31. The number of nitrogens with two attached hydrogens (primary N) is 1. The third-order valence-corrected chi connectivity index (χ3v) is 3.31. The lowest BCUT2D eigenvalue weighted by Crippen LogP contribution is -2.35. The molecule has 1 saturated heterocycles. The van der Waals surface area contributed by atoms with Crippen molar-refractivity contribution in [2.75, 3.05) is 30.7 Å². The van der Waals surface area contributed by atoms with E-state index in [0.29, 0.717) is 12.6 Å². The first-order valence-electron chi connectivity index (χ1n) is 6.32. The van der Waals surface area contributed by atoms with Crippen LogP contribution in [0.25, 0.3) is 0 Å². The molecule has 1 atom stereocenters. The molecule has 1 aromatic rings. The molecule has 0 amide bonds. The lowest BCUT2D eigenvalue weighted by molar-refractivity contribution is -0.384. The van der Waals surface area contributed by atoms with Crippen LogP contribution in [-0.4, -0.2) is 45.5 Å². The smallest absolute Gasteiger partial charge is 0.329 e. The first-order chi connectivity index (χ1) is 9.08. The van der Waals surface area contributed by atoms with Gasteiger partial charge >= 0.3 is 5.69 Å². The van der Waals surface area contributed by atoms with Crippen molar-refractivity contribution < 1.29 is 4.92 Å². The molecule has 3 N–H and O–H groups in total. The van der Waals surface area contributed by atoms with Gasteiger partial charge in [0.25, 0.3) is 0 Å². The van der Waals surface area contributed by atoms with Gasteiger partial charge in [0.15, 0.2) is 0 Å². The second-order valence-electron chi connectivity index (χ2n) is 4.69. The summed E-state index contributed by atoms with van der Waals surface area (Å²) < 4.78 is 0. The van der Waals surface area contributed by atoms with Gasteiger partial charge < -0.3 is 11.1 Å². The standard InChI is InChI=1S/C11H18N6O2/c1-8(16-4-2-3-5-16)6-13-10-9(17(18)19)7-14-11(12)15-10/h7-8H,2-6H2,1H3,(H3,12,13,14,15). The van der Waals surface area contributed by atoms with Gasteiger partial charge in [-0.05, 0) is 32.9 Å². The largest absolute Gasteiger partial charge is 0.368 e. The summed E-state index contributed by atoms with van der Waals surface area (Å²) in [6.45, 7) is 4.85. The SMILES string of the molecule is CC(CNc1nc(N)ncc1[N+](=O)[O-])N1CCCC1. The molecular formula is C11H18N6O2. The maximum absolute atomic E-state index is 10.9. The Kier molecular flexibility index (Phi) is 4.10. The average molecular weight is 266 g/mol. The van der Waals surface area contributed by atoms with Crippen molar-refractivity contribution in [1.82, 2.24) is 14.9 Å². The molecule has 1 fully saturated rings. The number of aromatic nitrogens is 2. The van der Waals surface area contributed by atoms with Crippen LogP contribution in [0.3, 0.4) is 0 Å². The van der Waals surface area contributed by atoms with Crippen LogP contribution in [0.4, 0.5) is 17.5 Å². The lowest BCUT2D eigenvalue weighted by Gasteiger charge is -2.23. The molecule has 8 nitrogen and oxygen atoms in total. The van der Waals surface area contributed by atoms with Crippen LogP contribution < -0.4 is 11.1 Å². The number of likely N-dealkylation sites (tertiary alicyclic amines) is 1. The van der Waals surface area contributed by atoms with Gasteiger partial charge in [-0.3, -0.25) is 15.0 Å². The summed E-state index contributed by atoms with van der Waals surface area (Å²) in [4.78, 5) is 20.2. The Bertz CT molecular complexity index is 460. The summed E-state index contributed by atoms with van der Waals surface area (Å²) in [5, 5.41) is 13.9. The van der Waals surface area contributed by atoms with Gasteiger partial charge in [0.05, 0.1) is 4.92 Å². The summed E-state index contributed by atoms with van der Waals surface area (Å²) in [6.07, 6.45) is 3.56. The highest BCUT2D eigenvalue weighted by atomic mass is 16.6. The molecule has 1 aliphatic heterocycles. The highest BCUT2D eigenvalue weighted by Gasteiger charge is 2.20. The number of nitro groups is 1. The second kappa shape index (κ2) is 5.79. The van der Waals surface area contributed by atoms with E-state index in [4.69, 9.17) is 5.73 Å². The zero-order valence-electron chi connectivity index (χ0n) is 10.9. The highest BCUT2D eigenvalue weighted by Crippen LogP contribution is 2.21. The van der Waals surface area contributed by atoms with Gasteiger partial charge in [0.1, 0.15) is 6.20 Å². The van der Waals surface area contributed by atoms with E-state index in [2.05, 4.69) is 27.1 Å². The van der Waals surface area contributed by atoms with Crippen LogP contribution in [0.1, 0.15) is 19.8 Å². The molecule has 19 heavy (non-hydrogen) atoms. The molecule has 0 spiro atoms. The quantitative estimate of drug-likeness (QED) is 0.600. The molecule has 1 aromatic heterocycles. The Morgan fingerprint density at radius 1 is 1.58 bits per heavy atom. The van der Waals surface area contributed by atoms with E-state index in [-0.39, 0.29) is 17.5 Å². The lowest BCUT2D eigenvalue weighted by atomic mass is 10.3. The van der Waals surface area contributed by atoms with Gasteiger partial charge in [-0.1, -0.05) is 0 Å². The van der Waals surface area contributed by atoms with Crippen LogP contribution in [0.2, 0.25) is 0 Å². The molecule has 0 radical (unpaired) electrons. The topological polar surface area (TPSA) is 110 Å². The minimum absolute atomic E-state index is 0.0296. The molecule has 104 valence electrons. The van der Waals surface area contributed by atoms with Crippen molar-refractivity contribution in [2.45, 2.75) is 25.8 Å². The zero-order chi connectivity index (χ0) is 13.8. The minimum Gasteiger partial charge on any atom is -0.368 e. The number of hydrogen-bond donors (Lipinski definition) is 2. The van der Waals surface area contributed by atoms with Gasteiger partial charge in [-0.15, -0.1) is 0 Å². The molecule has 1 unspecified atom stereocenters. The second-order valence-corrected chi connectivity index (χ2v) is 4.69. The zero-order valence-corrected chi connectivity index (χ0v) is 10.9. The van der Waals surface area contributed by atoms with Gasteiger partial charge in [-0.2, -0.15) is 4.98 Å². The number of nitrogens with one attached hydrogen (secondary N) is 1. The summed E-state index contributed by atoms with van der Waals surface area (Å²) in [7, 11) is 0. The molecular weight excluding hydrogens is 248 g/mol.